The summed E-state index contributed by atoms with van der Waals surface area (Å²) in [5.74, 6) is 0.950. The maximum atomic E-state index is 13.5. The maximum Gasteiger partial charge on any atom is 0.227 e. The van der Waals surface area contributed by atoms with Gasteiger partial charge >= 0.3 is 0 Å². The van der Waals surface area contributed by atoms with Crippen LogP contribution in [0.1, 0.15) is 49.8 Å². The van der Waals surface area contributed by atoms with Gasteiger partial charge in [0, 0.05) is 25.7 Å². The van der Waals surface area contributed by atoms with Gasteiger partial charge in [0.2, 0.25) is 11.8 Å². The molecule has 1 fully saturated rings. The molecule has 1 saturated heterocycles. The topological polar surface area (TPSA) is 59.1 Å². The number of hydrogen-bond donors (Lipinski definition) is 0. The summed E-state index contributed by atoms with van der Waals surface area (Å²) in [5, 5.41) is 0. The lowest BCUT2D eigenvalue weighted by Gasteiger charge is -2.42. The predicted molar refractivity (Wildman–Crippen MR) is 126 cm³/mol. The molecule has 172 valence electrons. The molecule has 2 amide bonds. The second kappa shape index (κ2) is 10.5. The van der Waals surface area contributed by atoms with Crippen LogP contribution >= 0.6 is 0 Å². The van der Waals surface area contributed by atoms with E-state index in [0.717, 1.165) is 29.7 Å². The zero-order chi connectivity index (χ0) is 23.3. The van der Waals surface area contributed by atoms with Crippen LogP contribution in [0.4, 0.5) is 5.69 Å². The molecule has 0 radical (unpaired) electrons. The van der Waals surface area contributed by atoms with Crippen molar-refractivity contribution in [3.8, 4) is 11.5 Å². The summed E-state index contributed by atoms with van der Waals surface area (Å²) in [6.07, 6.45) is 2.84. The number of unbranched alkanes of at least 4 members (excludes halogenated alkanes) is 1. The number of rotatable bonds is 8. The van der Waals surface area contributed by atoms with Crippen LogP contribution in [-0.2, 0) is 9.59 Å². The number of methoxy groups -OCH3 is 2. The third-order valence-electron chi connectivity index (χ3n) is 6.20. The van der Waals surface area contributed by atoms with Crippen LogP contribution in [-0.4, -0.2) is 44.5 Å². The number of nitrogens with zero attached hydrogens (tertiary/aromatic N) is 2. The van der Waals surface area contributed by atoms with Crippen molar-refractivity contribution in [3.05, 3.63) is 53.6 Å². The van der Waals surface area contributed by atoms with E-state index in [-0.39, 0.29) is 17.7 Å². The van der Waals surface area contributed by atoms with E-state index in [1.165, 1.54) is 0 Å². The number of amides is 2. The maximum absolute atomic E-state index is 13.5. The van der Waals surface area contributed by atoms with E-state index in [2.05, 4.69) is 6.92 Å². The molecule has 0 saturated carbocycles. The molecule has 6 heteroatoms. The number of benzene rings is 2. The van der Waals surface area contributed by atoms with Crippen molar-refractivity contribution in [2.24, 2.45) is 5.92 Å². The number of piperidine rings is 1. The van der Waals surface area contributed by atoms with E-state index in [0.29, 0.717) is 30.9 Å². The number of hydrogen-bond acceptors (Lipinski definition) is 4. The molecule has 2 atom stereocenters. The van der Waals surface area contributed by atoms with Gasteiger partial charge in [0.25, 0.3) is 0 Å². The minimum Gasteiger partial charge on any atom is -0.493 e. The Kier molecular flexibility index (Phi) is 7.78. The normalized spacial score (nSPS) is 18.4. The van der Waals surface area contributed by atoms with E-state index in [4.69, 9.17) is 9.47 Å². The zero-order valence-corrected chi connectivity index (χ0v) is 19.8. The first-order chi connectivity index (χ1) is 15.4. The van der Waals surface area contributed by atoms with E-state index < -0.39 is 6.04 Å². The van der Waals surface area contributed by atoms with Gasteiger partial charge in [-0.1, -0.05) is 37.1 Å². The fourth-order valence-electron chi connectivity index (χ4n) is 4.37. The minimum atomic E-state index is -0.421. The average Bonchev–Trinajstić information content (AvgIpc) is 2.82. The van der Waals surface area contributed by atoms with Crippen molar-refractivity contribution in [1.82, 2.24) is 4.90 Å². The number of carbonyl (C=O) groups is 2. The summed E-state index contributed by atoms with van der Waals surface area (Å²) < 4.78 is 10.9. The number of anilines is 1. The Balaban J connectivity index is 2.09. The molecule has 0 bridgehead atoms. The fraction of sp³-hybridized carbons (Fsp3) is 0.462. The van der Waals surface area contributed by atoms with Gasteiger partial charge < -0.3 is 19.3 Å². The Hall–Kier alpha value is -3.02. The molecular weight excluding hydrogens is 404 g/mol. The molecule has 32 heavy (non-hydrogen) atoms. The molecule has 2 aromatic carbocycles. The van der Waals surface area contributed by atoms with Crippen LogP contribution in [0, 0.1) is 12.8 Å². The van der Waals surface area contributed by atoms with Crippen LogP contribution in [0.5, 0.6) is 11.5 Å². The molecule has 2 unspecified atom stereocenters. The van der Waals surface area contributed by atoms with Crippen molar-refractivity contribution >= 4 is 17.5 Å². The van der Waals surface area contributed by atoms with E-state index >= 15 is 0 Å². The van der Waals surface area contributed by atoms with Crippen molar-refractivity contribution in [3.63, 3.8) is 0 Å². The molecule has 2 aromatic rings. The SMILES string of the molecule is CCCCN(C)C(=O)C1CCC(=O)N(c2ccc(C)cc2)C1c1ccc(OC)c(OC)c1. The third kappa shape index (κ3) is 4.90. The second-order valence-electron chi connectivity index (χ2n) is 8.42. The van der Waals surface area contributed by atoms with E-state index in [1.807, 2.05) is 61.3 Å². The summed E-state index contributed by atoms with van der Waals surface area (Å²) in [4.78, 5) is 30.3. The highest BCUT2D eigenvalue weighted by Gasteiger charge is 2.42. The lowest BCUT2D eigenvalue weighted by Crippen LogP contribution is -2.48. The minimum absolute atomic E-state index is 0.0221. The molecule has 0 aromatic heterocycles. The molecule has 1 aliphatic heterocycles. The standard InChI is InChI=1S/C26H34N2O4/c1-6-7-16-27(3)26(30)21-13-15-24(29)28(20-11-8-18(2)9-12-20)25(21)19-10-14-22(31-4)23(17-19)32-5/h8-12,14,17,21,25H,6-7,13,15-16H2,1-5H3. The van der Waals surface area contributed by atoms with Gasteiger partial charge in [-0.3, -0.25) is 9.59 Å². The predicted octanol–water partition coefficient (Wildman–Crippen LogP) is 4.76. The lowest BCUT2D eigenvalue weighted by molar-refractivity contribution is -0.137. The van der Waals surface area contributed by atoms with Gasteiger partial charge in [-0.15, -0.1) is 0 Å². The van der Waals surface area contributed by atoms with Crippen LogP contribution in [0.3, 0.4) is 0 Å². The first-order valence-corrected chi connectivity index (χ1v) is 11.3. The molecule has 3 rings (SSSR count). The van der Waals surface area contributed by atoms with Crippen LogP contribution < -0.4 is 14.4 Å². The van der Waals surface area contributed by atoms with Crippen molar-refractivity contribution in [1.29, 1.82) is 0 Å². The van der Waals surface area contributed by atoms with Gasteiger partial charge in [0.05, 0.1) is 26.2 Å². The first kappa shape index (κ1) is 23.6. The van der Waals surface area contributed by atoms with Gasteiger partial charge in [0.1, 0.15) is 0 Å². The highest BCUT2D eigenvalue weighted by atomic mass is 16.5. The lowest BCUT2D eigenvalue weighted by atomic mass is 9.82. The molecule has 1 aliphatic rings. The van der Waals surface area contributed by atoms with Crippen molar-refractivity contribution in [2.45, 2.75) is 45.6 Å². The molecule has 0 N–H and O–H groups in total. The van der Waals surface area contributed by atoms with E-state index in [1.54, 1.807) is 19.1 Å². The number of ether oxygens (including phenoxy) is 2. The Bertz CT molecular complexity index is 941. The van der Waals surface area contributed by atoms with Gasteiger partial charge in [0.15, 0.2) is 11.5 Å². The largest absolute Gasteiger partial charge is 0.493 e. The van der Waals surface area contributed by atoms with E-state index in [9.17, 15) is 9.59 Å². The molecule has 6 nitrogen and oxygen atoms in total. The Morgan fingerprint density at radius 2 is 1.78 bits per heavy atom. The van der Waals surface area contributed by atoms with Crippen LogP contribution in [0.2, 0.25) is 0 Å². The highest BCUT2D eigenvalue weighted by Crippen LogP contribution is 2.43. The van der Waals surface area contributed by atoms with Gasteiger partial charge in [-0.25, -0.2) is 0 Å². The zero-order valence-electron chi connectivity index (χ0n) is 19.8. The van der Waals surface area contributed by atoms with Gasteiger partial charge in [-0.2, -0.15) is 0 Å². The molecule has 0 aliphatic carbocycles. The van der Waals surface area contributed by atoms with Crippen LogP contribution in [0.15, 0.2) is 42.5 Å². The number of carbonyl (C=O) groups excluding carboxylic acids is 2. The Morgan fingerprint density at radius 3 is 2.41 bits per heavy atom. The van der Waals surface area contributed by atoms with Gasteiger partial charge in [-0.05, 0) is 49.6 Å². The second-order valence-corrected chi connectivity index (χ2v) is 8.42. The summed E-state index contributed by atoms with van der Waals surface area (Å²) in [6, 6.07) is 13.1. The summed E-state index contributed by atoms with van der Waals surface area (Å²) >= 11 is 0. The van der Waals surface area contributed by atoms with Crippen molar-refractivity contribution in [2.75, 3.05) is 32.7 Å². The smallest absolute Gasteiger partial charge is 0.227 e. The summed E-state index contributed by atoms with van der Waals surface area (Å²) in [7, 11) is 5.04. The Labute approximate surface area is 191 Å². The first-order valence-electron chi connectivity index (χ1n) is 11.3. The molecule has 1 heterocycles. The number of aryl methyl sites for hydroxylation is 1. The summed E-state index contributed by atoms with van der Waals surface area (Å²) in [6.45, 7) is 4.84. The monoisotopic (exact) mass is 438 g/mol. The molecule has 0 spiro atoms. The molecular formula is C26H34N2O4. The van der Waals surface area contributed by atoms with Crippen LogP contribution in [0.25, 0.3) is 0 Å². The Morgan fingerprint density at radius 1 is 1.09 bits per heavy atom. The third-order valence-corrected chi connectivity index (χ3v) is 6.20. The average molecular weight is 439 g/mol. The fourth-order valence-corrected chi connectivity index (χ4v) is 4.37. The summed E-state index contributed by atoms with van der Waals surface area (Å²) in [5.41, 5.74) is 2.78. The quantitative estimate of drug-likeness (QED) is 0.597. The van der Waals surface area contributed by atoms with Crippen molar-refractivity contribution < 1.29 is 19.1 Å². The highest BCUT2D eigenvalue weighted by molar-refractivity contribution is 5.97.